The third-order valence-corrected chi connectivity index (χ3v) is 2.64. The van der Waals surface area contributed by atoms with Gasteiger partial charge in [0, 0.05) is 17.7 Å². The second kappa shape index (κ2) is 3.96. The van der Waals surface area contributed by atoms with Gasteiger partial charge in [0.1, 0.15) is 5.76 Å². The van der Waals surface area contributed by atoms with Gasteiger partial charge in [0.05, 0.1) is 0 Å². The molecule has 2 heterocycles. The molecule has 0 aliphatic rings. The number of nitrogens with zero attached hydrogens (tertiary/aromatic N) is 1. The van der Waals surface area contributed by atoms with Crippen molar-refractivity contribution in [2.24, 2.45) is 0 Å². The largest absolute Gasteiger partial charge is 0.458 e. The Hall–Kier alpha value is -1.84. The summed E-state index contributed by atoms with van der Waals surface area (Å²) in [7, 11) is 0. The smallest absolute Gasteiger partial charge is 0.254 e. The van der Waals surface area contributed by atoms with E-state index in [9.17, 15) is 4.79 Å². The van der Waals surface area contributed by atoms with Crippen LogP contribution in [0.4, 0.5) is 0 Å². The molecule has 4 nitrogen and oxygen atoms in total. The van der Waals surface area contributed by atoms with Gasteiger partial charge in [-0.15, -0.1) is 0 Å². The van der Waals surface area contributed by atoms with Crippen molar-refractivity contribution in [3.05, 3.63) is 39.5 Å². The molecule has 2 aromatic heterocycles. The first-order valence-corrected chi connectivity index (χ1v) is 5.28. The molecule has 2 aromatic rings. The van der Waals surface area contributed by atoms with Crippen LogP contribution in [0.5, 0.6) is 0 Å². The molecule has 0 saturated heterocycles. The summed E-state index contributed by atoms with van der Waals surface area (Å²) in [6.45, 7) is 5.58. The SMILES string of the molecule is CCc1ccc(-c2nc(C)c(C)c(=O)[nH]2)o1. The molecule has 84 valence electrons. The summed E-state index contributed by atoms with van der Waals surface area (Å²) in [6.07, 6.45) is 0.828. The average Bonchev–Trinajstić information content (AvgIpc) is 2.73. The van der Waals surface area contributed by atoms with Crippen molar-refractivity contribution in [2.45, 2.75) is 27.2 Å². The topological polar surface area (TPSA) is 58.9 Å². The lowest BCUT2D eigenvalue weighted by Crippen LogP contribution is -2.14. The number of H-pyrrole nitrogens is 1. The number of rotatable bonds is 2. The number of aryl methyl sites for hydroxylation is 2. The van der Waals surface area contributed by atoms with Gasteiger partial charge in [-0.05, 0) is 26.0 Å². The highest BCUT2D eigenvalue weighted by Gasteiger charge is 2.09. The summed E-state index contributed by atoms with van der Waals surface area (Å²) < 4.78 is 5.54. The number of aromatic amines is 1. The van der Waals surface area contributed by atoms with E-state index >= 15 is 0 Å². The minimum Gasteiger partial charge on any atom is -0.458 e. The number of hydrogen-bond acceptors (Lipinski definition) is 3. The van der Waals surface area contributed by atoms with Crippen molar-refractivity contribution in [2.75, 3.05) is 0 Å². The van der Waals surface area contributed by atoms with Gasteiger partial charge in [0.25, 0.3) is 5.56 Å². The Morgan fingerprint density at radius 2 is 2.12 bits per heavy atom. The van der Waals surface area contributed by atoms with E-state index in [1.807, 2.05) is 26.0 Å². The quantitative estimate of drug-likeness (QED) is 0.840. The molecule has 2 rings (SSSR count). The zero-order chi connectivity index (χ0) is 11.7. The number of aromatic nitrogens is 2. The molecule has 0 saturated carbocycles. The molecular weight excluding hydrogens is 204 g/mol. The molecule has 1 N–H and O–H groups in total. The van der Waals surface area contributed by atoms with Gasteiger partial charge in [-0.1, -0.05) is 6.92 Å². The van der Waals surface area contributed by atoms with E-state index in [2.05, 4.69) is 9.97 Å². The maximum Gasteiger partial charge on any atom is 0.254 e. The Kier molecular flexibility index (Phi) is 2.64. The van der Waals surface area contributed by atoms with Gasteiger partial charge in [0.15, 0.2) is 11.6 Å². The minimum absolute atomic E-state index is 0.114. The van der Waals surface area contributed by atoms with Crippen LogP contribution in [0.3, 0.4) is 0 Å². The van der Waals surface area contributed by atoms with Gasteiger partial charge < -0.3 is 9.40 Å². The van der Waals surface area contributed by atoms with Crippen LogP contribution in [-0.2, 0) is 6.42 Å². The van der Waals surface area contributed by atoms with Crippen LogP contribution >= 0.6 is 0 Å². The lowest BCUT2D eigenvalue weighted by molar-refractivity contribution is 0.525. The van der Waals surface area contributed by atoms with Crippen LogP contribution in [0, 0.1) is 13.8 Å². The summed E-state index contributed by atoms with van der Waals surface area (Å²) in [5.74, 6) is 1.99. The highest BCUT2D eigenvalue weighted by molar-refractivity contribution is 5.47. The molecule has 16 heavy (non-hydrogen) atoms. The van der Waals surface area contributed by atoms with Crippen LogP contribution in [0.25, 0.3) is 11.6 Å². The number of nitrogens with one attached hydrogen (secondary N) is 1. The molecule has 4 heteroatoms. The Bertz CT molecular complexity index is 567. The molecular formula is C12H14N2O2. The second-order valence-electron chi connectivity index (χ2n) is 3.74. The zero-order valence-corrected chi connectivity index (χ0v) is 9.63. The van der Waals surface area contributed by atoms with E-state index in [-0.39, 0.29) is 5.56 Å². The fourth-order valence-electron chi connectivity index (χ4n) is 1.46. The maximum absolute atomic E-state index is 11.6. The summed E-state index contributed by atoms with van der Waals surface area (Å²) in [6, 6.07) is 3.72. The predicted molar refractivity (Wildman–Crippen MR) is 61.4 cm³/mol. The van der Waals surface area contributed by atoms with E-state index in [4.69, 9.17) is 4.42 Å². The van der Waals surface area contributed by atoms with Gasteiger partial charge in [-0.3, -0.25) is 4.79 Å². The molecule has 0 aromatic carbocycles. The van der Waals surface area contributed by atoms with Crippen LogP contribution in [0.1, 0.15) is 23.9 Å². The fourth-order valence-corrected chi connectivity index (χ4v) is 1.46. The van der Waals surface area contributed by atoms with E-state index < -0.39 is 0 Å². The second-order valence-corrected chi connectivity index (χ2v) is 3.74. The predicted octanol–water partition coefficient (Wildman–Crippen LogP) is 2.21. The summed E-state index contributed by atoms with van der Waals surface area (Å²) in [5.41, 5.74) is 1.26. The van der Waals surface area contributed by atoms with Crippen molar-refractivity contribution >= 4 is 0 Å². The van der Waals surface area contributed by atoms with Gasteiger partial charge in [-0.25, -0.2) is 4.98 Å². The van der Waals surface area contributed by atoms with Crippen LogP contribution in [-0.4, -0.2) is 9.97 Å². The van der Waals surface area contributed by atoms with Gasteiger partial charge in [0.2, 0.25) is 0 Å². The molecule has 0 aliphatic heterocycles. The van der Waals surface area contributed by atoms with Crippen molar-refractivity contribution in [3.8, 4) is 11.6 Å². The molecule has 0 amide bonds. The normalized spacial score (nSPS) is 10.7. The average molecular weight is 218 g/mol. The van der Waals surface area contributed by atoms with Gasteiger partial charge >= 0.3 is 0 Å². The van der Waals surface area contributed by atoms with Crippen molar-refractivity contribution in [1.82, 2.24) is 9.97 Å². The molecule has 0 aliphatic carbocycles. The zero-order valence-electron chi connectivity index (χ0n) is 9.63. The Balaban J connectivity index is 2.52. The van der Waals surface area contributed by atoms with Crippen molar-refractivity contribution in [1.29, 1.82) is 0 Å². The summed E-state index contributed by atoms with van der Waals surface area (Å²) >= 11 is 0. The third-order valence-electron chi connectivity index (χ3n) is 2.64. The molecule has 0 fully saturated rings. The van der Waals surface area contributed by atoms with Crippen LogP contribution in [0.2, 0.25) is 0 Å². The first kappa shape index (κ1) is 10.7. The number of hydrogen-bond donors (Lipinski definition) is 1. The third kappa shape index (κ3) is 1.78. The minimum atomic E-state index is -0.114. The Labute approximate surface area is 93.3 Å². The molecule has 0 radical (unpaired) electrons. The monoisotopic (exact) mass is 218 g/mol. The van der Waals surface area contributed by atoms with E-state index in [0.29, 0.717) is 17.1 Å². The van der Waals surface area contributed by atoms with Crippen molar-refractivity contribution < 1.29 is 4.42 Å². The number of furan rings is 1. The molecule has 0 spiro atoms. The maximum atomic E-state index is 11.6. The summed E-state index contributed by atoms with van der Waals surface area (Å²) in [4.78, 5) is 18.6. The molecule has 0 bridgehead atoms. The van der Waals surface area contributed by atoms with Crippen LogP contribution in [0.15, 0.2) is 21.3 Å². The first-order chi connectivity index (χ1) is 7.61. The van der Waals surface area contributed by atoms with E-state index in [1.165, 1.54) is 0 Å². The fraction of sp³-hybridized carbons (Fsp3) is 0.333. The summed E-state index contributed by atoms with van der Waals surface area (Å²) in [5, 5.41) is 0. The van der Waals surface area contributed by atoms with E-state index in [0.717, 1.165) is 17.9 Å². The standard InChI is InChI=1S/C12H14N2O2/c1-4-9-5-6-10(16-9)11-13-8(3)7(2)12(15)14-11/h5-6H,4H2,1-3H3,(H,13,14,15). The van der Waals surface area contributed by atoms with Gasteiger partial charge in [-0.2, -0.15) is 0 Å². The first-order valence-electron chi connectivity index (χ1n) is 5.28. The van der Waals surface area contributed by atoms with Crippen molar-refractivity contribution in [3.63, 3.8) is 0 Å². The lowest BCUT2D eigenvalue weighted by atomic mass is 10.2. The van der Waals surface area contributed by atoms with Crippen LogP contribution < -0.4 is 5.56 Å². The Morgan fingerprint density at radius 1 is 1.38 bits per heavy atom. The Morgan fingerprint density at radius 3 is 2.69 bits per heavy atom. The molecule has 0 atom stereocenters. The lowest BCUT2D eigenvalue weighted by Gasteiger charge is -2.01. The highest BCUT2D eigenvalue weighted by Crippen LogP contribution is 2.18. The van der Waals surface area contributed by atoms with E-state index in [1.54, 1.807) is 6.92 Å². The molecule has 0 unspecified atom stereocenters. The highest BCUT2D eigenvalue weighted by atomic mass is 16.3.